The lowest BCUT2D eigenvalue weighted by Gasteiger charge is -2.20. The number of Topliss-reactive ketones (excluding diaryl/α,β-unsaturated/α-hetero) is 2. The molecule has 15 heteroatoms. The Bertz CT molecular complexity index is 1370. The van der Waals surface area contributed by atoms with Gasteiger partial charge in [0.2, 0.25) is 29.5 Å². The molecule has 1 aliphatic carbocycles. The maximum absolute atomic E-state index is 12.8. The van der Waals surface area contributed by atoms with E-state index >= 15 is 0 Å². The van der Waals surface area contributed by atoms with Gasteiger partial charge < -0.3 is 21.1 Å². The van der Waals surface area contributed by atoms with Gasteiger partial charge >= 0.3 is 0 Å². The van der Waals surface area contributed by atoms with Crippen LogP contribution < -0.4 is 16.4 Å². The van der Waals surface area contributed by atoms with Gasteiger partial charge in [0.15, 0.2) is 0 Å². The number of imide groups is 1. The lowest BCUT2D eigenvalue weighted by atomic mass is 9.87. The number of fused-ring (bicyclic) bond motifs is 1. The number of carbonyl (C=O) groups is 7. The minimum absolute atomic E-state index is 0.00109. The molecule has 2 atom stereocenters. The van der Waals surface area contributed by atoms with Gasteiger partial charge in [0.1, 0.15) is 16.6 Å². The predicted molar refractivity (Wildman–Crippen MR) is 201 cm³/mol. The average molecular weight is 764 g/mol. The second kappa shape index (κ2) is 24.2. The van der Waals surface area contributed by atoms with E-state index in [1.54, 1.807) is 11.3 Å². The van der Waals surface area contributed by atoms with Crippen molar-refractivity contribution in [1.82, 2.24) is 20.5 Å². The fourth-order valence-electron chi connectivity index (χ4n) is 6.20. The maximum Gasteiger partial charge on any atom is 0.242 e. The van der Waals surface area contributed by atoms with E-state index in [-0.39, 0.29) is 106 Å². The number of unbranched alkanes of at least 4 members (excludes halogenated alkanes) is 4. The number of nitrogens with zero attached hydrogens (tertiary/aromatic N) is 2. The third-order valence-corrected chi connectivity index (χ3v) is 11.7. The van der Waals surface area contributed by atoms with Crippen LogP contribution in [0.2, 0.25) is 0 Å². The zero-order chi connectivity index (χ0) is 37.7. The van der Waals surface area contributed by atoms with Crippen molar-refractivity contribution in [3.63, 3.8) is 0 Å². The van der Waals surface area contributed by atoms with Gasteiger partial charge in [-0.3, -0.25) is 38.5 Å². The second-order valence-electron chi connectivity index (χ2n) is 13.6. The van der Waals surface area contributed by atoms with Crippen LogP contribution in [0.3, 0.4) is 0 Å². The molecule has 0 radical (unpaired) electrons. The Labute approximate surface area is 315 Å². The summed E-state index contributed by atoms with van der Waals surface area (Å²) in [5, 5.41) is 6.04. The summed E-state index contributed by atoms with van der Waals surface area (Å²) in [6.45, 7) is 3.44. The van der Waals surface area contributed by atoms with Crippen LogP contribution in [0.15, 0.2) is 0 Å². The summed E-state index contributed by atoms with van der Waals surface area (Å²) < 4.78 is 5.32. The van der Waals surface area contributed by atoms with Gasteiger partial charge in [0.25, 0.3) is 0 Å². The van der Waals surface area contributed by atoms with Crippen LogP contribution in [-0.4, -0.2) is 94.8 Å². The summed E-state index contributed by atoms with van der Waals surface area (Å²) in [7, 11) is 0. The predicted octanol–water partition coefficient (Wildman–Crippen LogP) is 3.61. The normalized spacial score (nSPS) is 16.9. The van der Waals surface area contributed by atoms with Crippen LogP contribution in [0.4, 0.5) is 0 Å². The first kappa shape index (κ1) is 43.2. The van der Waals surface area contributed by atoms with Crippen LogP contribution in [0.25, 0.3) is 0 Å². The van der Waals surface area contributed by atoms with E-state index in [4.69, 9.17) is 15.5 Å². The topological polar surface area (TPSA) is 195 Å². The van der Waals surface area contributed by atoms with E-state index < -0.39 is 11.2 Å². The summed E-state index contributed by atoms with van der Waals surface area (Å²) in [4.78, 5) is 91.7. The number of carbonyl (C=O) groups excluding carboxylic acids is 7. The third kappa shape index (κ3) is 16.7. The number of aromatic nitrogens is 1. The number of ether oxygens (including phenoxy) is 1. The Morgan fingerprint density at radius 2 is 1.63 bits per heavy atom. The van der Waals surface area contributed by atoms with Gasteiger partial charge in [-0.2, -0.15) is 0 Å². The van der Waals surface area contributed by atoms with Crippen molar-refractivity contribution >= 4 is 64.2 Å². The smallest absolute Gasteiger partial charge is 0.242 e. The molecule has 1 aliphatic heterocycles. The number of hydrogen-bond acceptors (Lipinski definition) is 11. The molecule has 0 aromatic carbocycles. The Hall–Kier alpha value is -3.17. The van der Waals surface area contributed by atoms with Crippen LogP contribution in [-0.2, 0) is 57.6 Å². The number of primary amides is 1. The fraction of sp³-hybridized carbons (Fsp3) is 0.730. The second-order valence-corrected chi connectivity index (χ2v) is 16.1. The number of ketones is 2. The number of hydrogen-bond donors (Lipinski definition) is 3. The van der Waals surface area contributed by atoms with Crippen molar-refractivity contribution in [2.75, 3.05) is 38.6 Å². The van der Waals surface area contributed by atoms with Crippen molar-refractivity contribution in [1.29, 1.82) is 0 Å². The quantitative estimate of drug-likeness (QED) is 0.0839. The van der Waals surface area contributed by atoms with Gasteiger partial charge in [-0.05, 0) is 43.8 Å². The Morgan fingerprint density at radius 1 is 0.885 bits per heavy atom. The molecular formula is C37H57N5O8S2. The van der Waals surface area contributed by atoms with Gasteiger partial charge in [-0.1, -0.05) is 39.0 Å². The van der Waals surface area contributed by atoms with Crippen molar-refractivity contribution in [2.24, 2.45) is 11.7 Å². The SMILES string of the molecule is CCCC[C@H]1CCc2nc(CC(=O)CCC(=O)NCCCCCCSC3CC(=O)N(CCC(=O)NCCOCCC(=O)CCC(N)=O)C3=O)sc2C1. The molecular weight excluding hydrogens is 707 g/mol. The lowest BCUT2D eigenvalue weighted by Crippen LogP contribution is -2.36. The van der Waals surface area contributed by atoms with Crippen LogP contribution >= 0.6 is 23.1 Å². The van der Waals surface area contributed by atoms with Crippen LogP contribution in [0.1, 0.15) is 119 Å². The average Bonchev–Trinajstić information content (AvgIpc) is 3.64. The molecule has 0 bridgehead atoms. The van der Waals surface area contributed by atoms with Gasteiger partial charge in [0.05, 0.1) is 30.6 Å². The van der Waals surface area contributed by atoms with E-state index in [1.807, 2.05) is 0 Å². The number of rotatable bonds is 28. The number of nitrogens with two attached hydrogens (primary N) is 1. The van der Waals surface area contributed by atoms with Crippen LogP contribution in [0.5, 0.6) is 0 Å². The number of thiazole rings is 1. The molecule has 2 aliphatic rings. The Morgan fingerprint density at radius 3 is 2.42 bits per heavy atom. The first-order chi connectivity index (χ1) is 25.0. The summed E-state index contributed by atoms with van der Waals surface area (Å²) in [5.74, 6) is -0.0423. The molecule has 1 fully saturated rings. The summed E-state index contributed by atoms with van der Waals surface area (Å²) in [5.41, 5.74) is 6.19. The zero-order valence-electron chi connectivity index (χ0n) is 30.7. The van der Waals surface area contributed by atoms with Crippen molar-refractivity contribution in [2.45, 2.75) is 128 Å². The highest BCUT2D eigenvalue weighted by Gasteiger charge is 2.38. The highest BCUT2D eigenvalue weighted by Crippen LogP contribution is 2.33. The van der Waals surface area contributed by atoms with Gasteiger partial charge in [-0.15, -0.1) is 23.1 Å². The molecule has 5 amide bonds. The van der Waals surface area contributed by atoms with Gasteiger partial charge in [0, 0.05) is 69.5 Å². The minimum Gasteiger partial charge on any atom is -0.379 e. The van der Waals surface area contributed by atoms with Crippen molar-refractivity contribution in [3.05, 3.63) is 15.6 Å². The van der Waals surface area contributed by atoms with Crippen molar-refractivity contribution < 1.29 is 38.3 Å². The molecule has 2 heterocycles. The first-order valence-electron chi connectivity index (χ1n) is 18.9. The number of nitrogens with one attached hydrogen (secondary N) is 2. The van der Waals surface area contributed by atoms with Crippen LogP contribution in [0, 0.1) is 5.92 Å². The molecule has 1 saturated heterocycles. The number of aryl methyl sites for hydroxylation is 1. The number of amides is 5. The highest BCUT2D eigenvalue weighted by molar-refractivity contribution is 8.00. The standard InChI is InChI=1S/C37H57N5O8S2/c1-2-3-8-26-9-12-29-30(23-26)52-35(41-29)24-28(44)11-14-33(46)39-17-6-4-5-7-22-51-31-25-36(48)42(37(31)49)19-15-34(47)40-18-21-50-20-16-27(43)10-13-32(38)45/h26,31H,2-25H2,1H3,(H2,38,45)(H,39,46)(H,40,47)/t26-,31?/m0/s1. The Balaban J connectivity index is 1.15. The van der Waals surface area contributed by atoms with E-state index in [0.717, 1.165) is 60.1 Å². The zero-order valence-corrected chi connectivity index (χ0v) is 32.3. The summed E-state index contributed by atoms with van der Waals surface area (Å²) in [6.07, 6.45) is 11.8. The number of likely N-dealkylation sites (tertiary alicyclic amines) is 1. The molecule has 1 aromatic heterocycles. The molecule has 3 rings (SSSR count). The minimum atomic E-state index is -0.523. The monoisotopic (exact) mass is 763 g/mol. The fourth-order valence-corrected chi connectivity index (χ4v) is 8.65. The molecule has 1 unspecified atom stereocenters. The first-order valence-corrected chi connectivity index (χ1v) is 20.8. The summed E-state index contributed by atoms with van der Waals surface area (Å²) >= 11 is 3.15. The lowest BCUT2D eigenvalue weighted by molar-refractivity contribution is -0.138. The Kier molecular flexibility index (Phi) is 20.1. The molecule has 13 nitrogen and oxygen atoms in total. The molecule has 4 N–H and O–H groups in total. The van der Waals surface area contributed by atoms with E-state index in [2.05, 4.69) is 17.6 Å². The largest absolute Gasteiger partial charge is 0.379 e. The highest BCUT2D eigenvalue weighted by atomic mass is 32.2. The van der Waals surface area contributed by atoms with Crippen molar-refractivity contribution in [3.8, 4) is 0 Å². The third-order valence-electron chi connectivity index (χ3n) is 9.25. The molecule has 290 valence electrons. The van der Waals surface area contributed by atoms with E-state index in [9.17, 15) is 33.6 Å². The maximum atomic E-state index is 12.8. The van der Waals surface area contributed by atoms with Gasteiger partial charge in [-0.25, -0.2) is 4.98 Å². The van der Waals surface area contributed by atoms with E-state index in [1.165, 1.54) is 48.0 Å². The van der Waals surface area contributed by atoms with E-state index in [0.29, 0.717) is 13.0 Å². The number of thioether (sulfide) groups is 1. The molecule has 52 heavy (non-hydrogen) atoms. The summed E-state index contributed by atoms with van der Waals surface area (Å²) in [6, 6.07) is 0. The molecule has 1 aromatic rings. The molecule has 0 spiro atoms. The molecule has 0 saturated carbocycles.